The number of benzene rings is 1. The molecule has 1 aliphatic heterocycles. The van der Waals surface area contributed by atoms with Crippen LogP contribution in [0.25, 0.3) is 0 Å². The van der Waals surface area contributed by atoms with E-state index in [1.807, 2.05) is 0 Å². The van der Waals surface area contributed by atoms with E-state index in [0.29, 0.717) is 0 Å². The molecule has 0 saturated carbocycles. The fourth-order valence-electron chi connectivity index (χ4n) is 2.52. The third-order valence-corrected chi connectivity index (χ3v) is 4.17. The summed E-state index contributed by atoms with van der Waals surface area (Å²) in [6, 6.07) is 8.77. The molecule has 3 rings (SSSR count). The molecule has 0 bridgehead atoms. The SMILES string of the molecule is Cc1ccc(CCc2nc(Br)c3n2CCCN3)cc1. The summed E-state index contributed by atoms with van der Waals surface area (Å²) in [7, 11) is 0. The predicted octanol–water partition coefficient (Wildman–Crippen LogP) is 3.55. The topological polar surface area (TPSA) is 29.9 Å². The number of imidazole rings is 1. The Kier molecular flexibility index (Phi) is 3.60. The predicted molar refractivity (Wildman–Crippen MR) is 81.6 cm³/mol. The van der Waals surface area contributed by atoms with Crippen LogP contribution in [0.1, 0.15) is 23.4 Å². The number of fused-ring (bicyclic) bond motifs is 1. The quantitative estimate of drug-likeness (QED) is 0.937. The molecular weight excluding hydrogens is 302 g/mol. The zero-order chi connectivity index (χ0) is 13.2. The number of nitrogens with one attached hydrogen (secondary N) is 1. The summed E-state index contributed by atoms with van der Waals surface area (Å²) >= 11 is 3.54. The van der Waals surface area contributed by atoms with Gasteiger partial charge in [0.15, 0.2) is 0 Å². The third-order valence-electron chi connectivity index (χ3n) is 3.61. The summed E-state index contributed by atoms with van der Waals surface area (Å²) < 4.78 is 3.26. The Morgan fingerprint density at radius 3 is 2.84 bits per heavy atom. The molecule has 0 atom stereocenters. The molecule has 2 heterocycles. The minimum Gasteiger partial charge on any atom is -0.369 e. The van der Waals surface area contributed by atoms with Crippen LogP contribution in [0.3, 0.4) is 0 Å². The van der Waals surface area contributed by atoms with Crippen LogP contribution in [-0.2, 0) is 19.4 Å². The lowest BCUT2D eigenvalue weighted by atomic mass is 10.1. The fraction of sp³-hybridized carbons (Fsp3) is 0.400. The molecule has 0 fully saturated rings. The lowest BCUT2D eigenvalue weighted by Gasteiger charge is -2.18. The second kappa shape index (κ2) is 5.37. The maximum atomic E-state index is 4.64. The first-order chi connectivity index (χ1) is 9.24. The Labute approximate surface area is 122 Å². The summed E-state index contributed by atoms with van der Waals surface area (Å²) in [6.07, 6.45) is 3.21. The van der Waals surface area contributed by atoms with Crippen molar-refractivity contribution in [3.8, 4) is 0 Å². The first-order valence-electron chi connectivity index (χ1n) is 6.78. The highest BCUT2D eigenvalue weighted by Gasteiger charge is 2.17. The van der Waals surface area contributed by atoms with Gasteiger partial charge in [0.2, 0.25) is 0 Å². The molecule has 1 aromatic heterocycles. The van der Waals surface area contributed by atoms with Gasteiger partial charge in [0.1, 0.15) is 16.2 Å². The molecule has 0 saturated heterocycles. The van der Waals surface area contributed by atoms with Crippen molar-refractivity contribution in [3.05, 3.63) is 45.8 Å². The maximum Gasteiger partial charge on any atom is 0.148 e. The van der Waals surface area contributed by atoms with Gasteiger partial charge >= 0.3 is 0 Å². The van der Waals surface area contributed by atoms with Crippen LogP contribution < -0.4 is 5.32 Å². The third kappa shape index (κ3) is 2.68. The Hall–Kier alpha value is -1.29. The molecule has 0 spiro atoms. The molecule has 19 heavy (non-hydrogen) atoms. The van der Waals surface area contributed by atoms with Crippen LogP contribution in [0.4, 0.5) is 5.82 Å². The largest absolute Gasteiger partial charge is 0.369 e. The zero-order valence-electron chi connectivity index (χ0n) is 11.1. The monoisotopic (exact) mass is 319 g/mol. The molecule has 4 heteroatoms. The summed E-state index contributed by atoms with van der Waals surface area (Å²) in [5, 5.41) is 3.41. The van der Waals surface area contributed by atoms with E-state index < -0.39 is 0 Å². The van der Waals surface area contributed by atoms with Crippen molar-refractivity contribution in [3.63, 3.8) is 0 Å². The number of hydrogen-bond acceptors (Lipinski definition) is 2. The van der Waals surface area contributed by atoms with Crippen LogP contribution in [0, 0.1) is 6.92 Å². The number of hydrogen-bond donors (Lipinski definition) is 1. The van der Waals surface area contributed by atoms with Gasteiger partial charge < -0.3 is 9.88 Å². The van der Waals surface area contributed by atoms with Gasteiger partial charge in [0, 0.05) is 19.5 Å². The summed E-state index contributed by atoms with van der Waals surface area (Å²) in [6.45, 7) is 4.24. The van der Waals surface area contributed by atoms with Gasteiger partial charge in [0.05, 0.1) is 0 Å². The average Bonchev–Trinajstić information content (AvgIpc) is 2.76. The van der Waals surface area contributed by atoms with E-state index in [0.717, 1.165) is 36.4 Å². The van der Waals surface area contributed by atoms with E-state index in [4.69, 9.17) is 0 Å². The van der Waals surface area contributed by atoms with Crippen molar-refractivity contribution >= 4 is 21.7 Å². The highest BCUT2D eigenvalue weighted by molar-refractivity contribution is 9.10. The summed E-state index contributed by atoms with van der Waals surface area (Å²) in [4.78, 5) is 4.64. The summed E-state index contributed by atoms with van der Waals surface area (Å²) in [5.41, 5.74) is 2.69. The second-order valence-corrected chi connectivity index (χ2v) is 5.84. The van der Waals surface area contributed by atoms with Crippen LogP contribution >= 0.6 is 15.9 Å². The molecule has 0 radical (unpaired) electrons. The van der Waals surface area contributed by atoms with E-state index in [-0.39, 0.29) is 0 Å². The van der Waals surface area contributed by atoms with E-state index in [9.17, 15) is 0 Å². The molecule has 0 aliphatic carbocycles. The van der Waals surface area contributed by atoms with Gasteiger partial charge in [0.25, 0.3) is 0 Å². The van der Waals surface area contributed by atoms with Crippen molar-refractivity contribution in [1.82, 2.24) is 9.55 Å². The first-order valence-corrected chi connectivity index (χ1v) is 7.57. The Morgan fingerprint density at radius 1 is 1.26 bits per heavy atom. The highest BCUT2D eigenvalue weighted by atomic mass is 79.9. The molecule has 2 aromatic rings. The van der Waals surface area contributed by atoms with Gasteiger partial charge in [-0.3, -0.25) is 0 Å². The number of nitrogens with zero attached hydrogens (tertiary/aromatic N) is 2. The normalized spacial score (nSPS) is 14.0. The number of aryl methyl sites for hydroxylation is 3. The van der Waals surface area contributed by atoms with Crippen molar-refractivity contribution in [2.45, 2.75) is 32.7 Å². The number of aromatic nitrogens is 2. The minimum absolute atomic E-state index is 0.950. The van der Waals surface area contributed by atoms with Gasteiger partial charge in [-0.1, -0.05) is 29.8 Å². The standard InChI is InChI=1S/C15H18BrN3/c1-11-3-5-12(6-4-11)7-8-13-18-14(16)15-17-9-2-10-19(13)15/h3-6,17H,2,7-10H2,1H3. The number of halogens is 1. The summed E-state index contributed by atoms with van der Waals surface area (Å²) in [5.74, 6) is 2.32. The minimum atomic E-state index is 0.950. The Morgan fingerprint density at radius 2 is 2.05 bits per heavy atom. The Bertz CT molecular complexity index is 572. The molecule has 1 N–H and O–H groups in total. The first kappa shape index (κ1) is 12.7. The van der Waals surface area contributed by atoms with E-state index in [1.54, 1.807) is 0 Å². The van der Waals surface area contributed by atoms with Crippen molar-refractivity contribution < 1.29 is 0 Å². The lowest BCUT2D eigenvalue weighted by molar-refractivity contribution is 0.597. The Balaban J connectivity index is 1.75. The fourth-order valence-corrected chi connectivity index (χ4v) is 3.08. The second-order valence-electron chi connectivity index (χ2n) is 5.09. The molecule has 1 aliphatic rings. The van der Waals surface area contributed by atoms with Gasteiger partial charge in [-0.05, 0) is 41.3 Å². The molecule has 3 nitrogen and oxygen atoms in total. The van der Waals surface area contributed by atoms with Crippen LogP contribution in [-0.4, -0.2) is 16.1 Å². The van der Waals surface area contributed by atoms with Crippen LogP contribution in [0.15, 0.2) is 28.9 Å². The molecular formula is C15H18BrN3. The zero-order valence-corrected chi connectivity index (χ0v) is 12.7. The smallest absolute Gasteiger partial charge is 0.148 e. The van der Waals surface area contributed by atoms with E-state index >= 15 is 0 Å². The van der Waals surface area contributed by atoms with Crippen molar-refractivity contribution in [2.75, 3.05) is 11.9 Å². The van der Waals surface area contributed by atoms with Gasteiger partial charge in [-0.2, -0.15) is 0 Å². The van der Waals surface area contributed by atoms with E-state index in [2.05, 4.69) is 62.0 Å². The van der Waals surface area contributed by atoms with E-state index in [1.165, 1.54) is 23.4 Å². The molecule has 0 amide bonds. The van der Waals surface area contributed by atoms with Crippen LogP contribution in [0.2, 0.25) is 0 Å². The molecule has 100 valence electrons. The number of anilines is 1. The number of rotatable bonds is 3. The average molecular weight is 320 g/mol. The van der Waals surface area contributed by atoms with Crippen molar-refractivity contribution in [2.24, 2.45) is 0 Å². The maximum absolute atomic E-state index is 4.64. The molecule has 0 unspecified atom stereocenters. The molecule has 1 aromatic carbocycles. The van der Waals surface area contributed by atoms with Gasteiger partial charge in [-0.15, -0.1) is 0 Å². The highest BCUT2D eigenvalue weighted by Crippen LogP contribution is 2.27. The van der Waals surface area contributed by atoms with Crippen LogP contribution in [0.5, 0.6) is 0 Å². The lowest BCUT2D eigenvalue weighted by Crippen LogP contribution is -2.18. The van der Waals surface area contributed by atoms with Gasteiger partial charge in [-0.25, -0.2) is 4.98 Å². The van der Waals surface area contributed by atoms with Crippen molar-refractivity contribution in [1.29, 1.82) is 0 Å².